The summed E-state index contributed by atoms with van der Waals surface area (Å²) in [5.74, 6) is 0.336. The summed E-state index contributed by atoms with van der Waals surface area (Å²) in [5.41, 5.74) is 3.54. The highest BCUT2D eigenvalue weighted by Gasteiger charge is 2.05. The molecular weight excluding hydrogens is 316 g/mol. The molecule has 0 fully saturated rings. The molecule has 0 saturated carbocycles. The van der Waals surface area contributed by atoms with Crippen molar-refractivity contribution in [1.29, 1.82) is 0 Å². The van der Waals surface area contributed by atoms with Crippen LogP contribution in [0.5, 0.6) is 11.5 Å². The smallest absolute Gasteiger partial charge is 0.271 e. The van der Waals surface area contributed by atoms with Crippen molar-refractivity contribution >= 4 is 23.7 Å². The van der Waals surface area contributed by atoms with Crippen LogP contribution in [-0.4, -0.2) is 23.3 Å². The highest BCUT2D eigenvalue weighted by Crippen LogP contribution is 2.25. The van der Waals surface area contributed by atoms with Crippen molar-refractivity contribution in [2.24, 2.45) is 5.10 Å². The molecule has 6 heteroatoms. The molecule has 0 spiro atoms. The fraction of sp³-hybridized carbons (Fsp3) is 0.176. The Hall–Kier alpha value is -2.53. The van der Waals surface area contributed by atoms with Crippen molar-refractivity contribution in [2.75, 3.05) is 0 Å². The number of halogens is 1. The Kier molecular flexibility index (Phi) is 5.60. The summed E-state index contributed by atoms with van der Waals surface area (Å²) in [6.45, 7) is 3.84. The van der Waals surface area contributed by atoms with Gasteiger partial charge in [-0.15, -0.1) is 0 Å². The van der Waals surface area contributed by atoms with E-state index >= 15 is 0 Å². The highest BCUT2D eigenvalue weighted by atomic mass is 35.5. The molecule has 0 bridgehead atoms. The lowest BCUT2D eigenvalue weighted by Gasteiger charge is -2.11. The van der Waals surface area contributed by atoms with Crippen LogP contribution in [0.15, 0.2) is 47.6 Å². The molecule has 23 heavy (non-hydrogen) atoms. The number of carbonyl (C=O) groups is 1. The van der Waals surface area contributed by atoms with E-state index < -0.39 is 0 Å². The third kappa shape index (κ3) is 5.00. The first-order valence-corrected chi connectivity index (χ1v) is 7.42. The molecule has 0 aliphatic heterocycles. The van der Waals surface area contributed by atoms with Gasteiger partial charge in [0.2, 0.25) is 0 Å². The van der Waals surface area contributed by atoms with Gasteiger partial charge in [0, 0.05) is 5.56 Å². The number of hydrogen-bond donors (Lipinski definition) is 2. The fourth-order valence-corrected chi connectivity index (χ4v) is 2.02. The lowest BCUT2D eigenvalue weighted by molar-refractivity contribution is 0.0955. The van der Waals surface area contributed by atoms with Crippen LogP contribution in [0.2, 0.25) is 5.02 Å². The molecule has 0 aliphatic carbocycles. The third-order valence-electron chi connectivity index (χ3n) is 2.83. The summed E-state index contributed by atoms with van der Waals surface area (Å²) >= 11 is 6.13. The molecule has 2 rings (SSSR count). The second kappa shape index (κ2) is 7.65. The summed E-state index contributed by atoms with van der Waals surface area (Å²) in [7, 11) is 0. The van der Waals surface area contributed by atoms with Crippen molar-refractivity contribution < 1.29 is 14.6 Å². The Morgan fingerprint density at radius 1 is 1.26 bits per heavy atom. The molecular formula is C17H17ClN2O3. The van der Waals surface area contributed by atoms with Crippen LogP contribution in [0, 0.1) is 0 Å². The highest BCUT2D eigenvalue weighted by molar-refractivity contribution is 6.32. The molecule has 0 heterocycles. The fourth-order valence-electron chi connectivity index (χ4n) is 1.79. The second-order valence-corrected chi connectivity index (χ2v) is 5.51. The van der Waals surface area contributed by atoms with Crippen molar-refractivity contribution in [3.05, 3.63) is 58.6 Å². The number of phenolic OH excluding ortho intramolecular Hbond substituents is 1. The van der Waals surface area contributed by atoms with Gasteiger partial charge in [0.1, 0.15) is 11.5 Å². The van der Waals surface area contributed by atoms with E-state index in [4.69, 9.17) is 16.3 Å². The number of nitrogens with zero attached hydrogens (tertiary/aromatic N) is 1. The molecule has 0 saturated heterocycles. The number of benzene rings is 2. The molecule has 0 atom stereocenters. The van der Waals surface area contributed by atoms with Gasteiger partial charge in [-0.25, -0.2) is 5.43 Å². The standard InChI is InChI=1S/C17H17ClN2O3/c1-11(2)23-16-8-3-12(9-15(16)18)10-19-20-17(22)13-4-6-14(21)7-5-13/h3-11,21H,1-2H3,(H,20,22)/b19-10-. The van der Waals surface area contributed by atoms with Gasteiger partial charge in [-0.05, 0) is 61.9 Å². The molecule has 5 nitrogen and oxygen atoms in total. The zero-order valence-corrected chi connectivity index (χ0v) is 13.5. The van der Waals surface area contributed by atoms with E-state index in [0.29, 0.717) is 16.3 Å². The molecule has 0 aliphatic rings. The Labute approximate surface area is 139 Å². The number of carbonyl (C=O) groups excluding carboxylic acids is 1. The number of aromatic hydroxyl groups is 1. The van der Waals surface area contributed by atoms with Crippen molar-refractivity contribution in [1.82, 2.24) is 5.43 Å². The molecule has 2 N–H and O–H groups in total. The lowest BCUT2D eigenvalue weighted by atomic mass is 10.2. The predicted octanol–water partition coefficient (Wildman–Crippen LogP) is 3.60. The maximum absolute atomic E-state index is 11.8. The Bertz CT molecular complexity index is 712. The van der Waals surface area contributed by atoms with Crippen LogP contribution in [0.4, 0.5) is 0 Å². The number of rotatable bonds is 5. The average molecular weight is 333 g/mol. The number of phenols is 1. The summed E-state index contributed by atoms with van der Waals surface area (Å²) in [4.78, 5) is 11.8. The maximum atomic E-state index is 11.8. The average Bonchev–Trinajstić information content (AvgIpc) is 2.50. The van der Waals surface area contributed by atoms with Crippen LogP contribution >= 0.6 is 11.6 Å². The minimum absolute atomic E-state index is 0.0385. The van der Waals surface area contributed by atoms with Crippen LogP contribution in [0.3, 0.4) is 0 Å². The van der Waals surface area contributed by atoms with E-state index in [2.05, 4.69) is 10.5 Å². The number of hydrazone groups is 1. The van der Waals surface area contributed by atoms with E-state index in [9.17, 15) is 9.90 Å². The number of ether oxygens (including phenoxy) is 1. The molecule has 0 aromatic heterocycles. The van der Waals surface area contributed by atoms with Crippen molar-refractivity contribution in [3.63, 3.8) is 0 Å². The minimum Gasteiger partial charge on any atom is -0.508 e. The van der Waals surface area contributed by atoms with Crippen LogP contribution in [0.25, 0.3) is 0 Å². The summed E-state index contributed by atoms with van der Waals surface area (Å²) in [5, 5.41) is 13.5. The van der Waals surface area contributed by atoms with Crippen LogP contribution in [-0.2, 0) is 0 Å². The van der Waals surface area contributed by atoms with Gasteiger partial charge in [0.15, 0.2) is 0 Å². The maximum Gasteiger partial charge on any atom is 0.271 e. The molecule has 2 aromatic carbocycles. The van der Waals surface area contributed by atoms with E-state index in [0.717, 1.165) is 5.56 Å². The van der Waals surface area contributed by atoms with E-state index in [-0.39, 0.29) is 17.8 Å². The summed E-state index contributed by atoms with van der Waals surface area (Å²) in [6, 6.07) is 11.1. The predicted molar refractivity (Wildman–Crippen MR) is 90.4 cm³/mol. The second-order valence-electron chi connectivity index (χ2n) is 5.10. The van der Waals surface area contributed by atoms with Gasteiger partial charge < -0.3 is 9.84 Å². The zero-order valence-electron chi connectivity index (χ0n) is 12.8. The first kappa shape index (κ1) is 16.8. The third-order valence-corrected chi connectivity index (χ3v) is 3.12. The largest absolute Gasteiger partial charge is 0.508 e. The topological polar surface area (TPSA) is 70.9 Å². The van der Waals surface area contributed by atoms with Gasteiger partial charge >= 0.3 is 0 Å². The first-order valence-electron chi connectivity index (χ1n) is 7.04. The Morgan fingerprint density at radius 3 is 2.57 bits per heavy atom. The van der Waals surface area contributed by atoms with E-state index in [1.807, 2.05) is 13.8 Å². The Morgan fingerprint density at radius 2 is 1.96 bits per heavy atom. The monoisotopic (exact) mass is 332 g/mol. The van der Waals surface area contributed by atoms with E-state index in [1.165, 1.54) is 30.5 Å². The minimum atomic E-state index is -0.368. The number of amides is 1. The van der Waals surface area contributed by atoms with Crippen molar-refractivity contribution in [3.8, 4) is 11.5 Å². The molecule has 0 unspecified atom stereocenters. The van der Waals surface area contributed by atoms with Gasteiger partial charge in [-0.1, -0.05) is 11.6 Å². The van der Waals surface area contributed by atoms with Gasteiger partial charge in [-0.3, -0.25) is 4.79 Å². The van der Waals surface area contributed by atoms with Crippen LogP contribution < -0.4 is 10.2 Å². The normalized spacial score (nSPS) is 11.0. The first-order chi connectivity index (χ1) is 11.0. The van der Waals surface area contributed by atoms with E-state index in [1.54, 1.807) is 18.2 Å². The van der Waals surface area contributed by atoms with Gasteiger partial charge in [0.05, 0.1) is 17.3 Å². The quantitative estimate of drug-likeness (QED) is 0.649. The molecule has 2 aromatic rings. The van der Waals surface area contributed by atoms with Gasteiger partial charge in [0.25, 0.3) is 5.91 Å². The molecule has 120 valence electrons. The molecule has 0 radical (unpaired) electrons. The number of hydrogen-bond acceptors (Lipinski definition) is 4. The van der Waals surface area contributed by atoms with Gasteiger partial charge in [-0.2, -0.15) is 5.10 Å². The summed E-state index contributed by atoms with van der Waals surface area (Å²) in [6.07, 6.45) is 1.53. The SMILES string of the molecule is CC(C)Oc1ccc(/C=N\NC(=O)c2ccc(O)cc2)cc1Cl. The van der Waals surface area contributed by atoms with Crippen molar-refractivity contribution in [2.45, 2.75) is 20.0 Å². The lowest BCUT2D eigenvalue weighted by Crippen LogP contribution is -2.17. The number of nitrogens with one attached hydrogen (secondary N) is 1. The summed E-state index contributed by atoms with van der Waals surface area (Å²) < 4.78 is 5.54. The van der Waals surface area contributed by atoms with Crippen LogP contribution in [0.1, 0.15) is 29.8 Å². The zero-order chi connectivity index (χ0) is 16.8. The Balaban J connectivity index is 1.99. The molecule has 1 amide bonds.